The van der Waals surface area contributed by atoms with E-state index in [-0.39, 0.29) is 48.0 Å². The van der Waals surface area contributed by atoms with E-state index in [0.717, 1.165) is 0 Å². The second-order valence-electron chi connectivity index (χ2n) is 2.22. The first kappa shape index (κ1) is 6.14. The molecular weight excluding hydrogens is 368 g/mol. The van der Waals surface area contributed by atoms with Gasteiger partial charge < -0.3 is 0 Å². The van der Waals surface area contributed by atoms with Crippen LogP contribution in [0.5, 0.6) is 0 Å². The molecule has 8 heavy (non-hydrogen) atoms. The van der Waals surface area contributed by atoms with Crippen molar-refractivity contribution >= 4 is 56.3 Å². The van der Waals surface area contributed by atoms with E-state index in [1.54, 1.807) is 0 Å². The molecule has 0 saturated carbocycles. The van der Waals surface area contributed by atoms with Crippen LogP contribution >= 0.6 is 8.29 Å². The molecule has 0 spiro atoms. The van der Waals surface area contributed by atoms with Crippen LogP contribution in [0.3, 0.4) is 0 Å². The molecule has 5 heteroatoms. The molecule has 4 rings (SSSR count). The standard InChI is InChI=1S/C3H6As4S/c1-4-2-6-5(1)3-7(4)8-6/h1-3H2. The number of hydrogen-bond acceptors (Lipinski definition) is 1. The molecule has 4 aliphatic heterocycles. The van der Waals surface area contributed by atoms with E-state index < -0.39 is 0 Å². The van der Waals surface area contributed by atoms with Gasteiger partial charge in [-0.2, -0.15) is 0 Å². The van der Waals surface area contributed by atoms with Gasteiger partial charge in [-0.25, -0.2) is 0 Å². The molecule has 4 bridgehead atoms. The molecule has 0 aromatic heterocycles. The van der Waals surface area contributed by atoms with E-state index in [1.165, 1.54) is 0 Å². The Labute approximate surface area is 67.1 Å². The molecule has 4 aliphatic rings. The predicted molar refractivity (Wildman–Crippen MR) is 45.0 cm³/mol. The van der Waals surface area contributed by atoms with Crippen LogP contribution in [0, 0.1) is 0 Å². The average Bonchev–Trinajstić information content (AvgIpc) is 2.21. The summed E-state index contributed by atoms with van der Waals surface area (Å²) in [5.74, 6) is 0. The minimum atomic E-state index is 0.125. The summed E-state index contributed by atoms with van der Waals surface area (Å²) in [5.41, 5.74) is 0. The summed E-state index contributed by atoms with van der Waals surface area (Å²) >= 11 is 0.593. The van der Waals surface area contributed by atoms with Crippen molar-refractivity contribution in [1.82, 2.24) is 0 Å². The Morgan fingerprint density at radius 1 is 0.875 bits per heavy atom. The summed E-state index contributed by atoms with van der Waals surface area (Å²) in [4.78, 5) is 0. The first-order valence-corrected chi connectivity index (χ1v) is 26.4. The van der Waals surface area contributed by atoms with Crippen LogP contribution in [-0.4, -0.2) is 48.0 Å². The van der Waals surface area contributed by atoms with E-state index in [2.05, 4.69) is 8.29 Å². The molecule has 4 heterocycles. The molecule has 0 aromatic rings. The maximum atomic E-state index is 2.71. The van der Waals surface area contributed by atoms with Gasteiger partial charge in [0.1, 0.15) is 0 Å². The zero-order valence-electron chi connectivity index (χ0n) is 4.32. The van der Waals surface area contributed by atoms with E-state index in [0.29, 0.717) is 0 Å². The zero-order valence-corrected chi connectivity index (χ0v) is 12.6. The molecule has 0 N–H and O–H groups in total. The Balaban J connectivity index is 2.13. The van der Waals surface area contributed by atoms with Crippen LogP contribution < -0.4 is 0 Å². The second-order valence-corrected chi connectivity index (χ2v) is 60.6. The van der Waals surface area contributed by atoms with E-state index >= 15 is 0 Å². The van der Waals surface area contributed by atoms with Crippen LogP contribution in [0.25, 0.3) is 0 Å². The molecule has 4 fully saturated rings. The van der Waals surface area contributed by atoms with Crippen molar-refractivity contribution < 1.29 is 0 Å². The van der Waals surface area contributed by atoms with Crippen molar-refractivity contribution in [3.05, 3.63) is 0 Å². The summed E-state index contributed by atoms with van der Waals surface area (Å²) in [6.45, 7) is 0. The molecule has 4 atom stereocenters. The second kappa shape index (κ2) is 2.04. The van der Waals surface area contributed by atoms with E-state index in [9.17, 15) is 0 Å². The van der Waals surface area contributed by atoms with Crippen molar-refractivity contribution in [2.75, 3.05) is 0 Å². The van der Waals surface area contributed by atoms with Crippen LogP contribution in [0.15, 0.2) is 0 Å². The monoisotopic (exact) mass is 374 g/mol. The molecule has 4 unspecified atom stereocenters. The molecular formula is C3H6As4S. The van der Waals surface area contributed by atoms with Crippen molar-refractivity contribution in [1.29, 1.82) is 0 Å². The first-order chi connectivity index (χ1) is 3.93. The number of hydrogen-bond donors (Lipinski definition) is 0. The Morgan fingerprint density at radius 3 is 1.62 bits per heavy atom. The van der Waals surface area contributed by atoms with Gasteiger partial charge in [-0.15, -0.1) is 0 Å². The molecule has 4 saturated heterocycles. The van der Waals surface area contributed by atoms with Crippen molar-refractivity contribution in [3.63, 3.8) is 0 Å². The third-order valence-corrected chi connectivity index (χ3v) is 143. The fourth-order valence-corrected chi connectivity index (χ4v) is 349. The van der Waals surface area contributed by atoms with Gasteiger partial charge in [0.25, 0.3) is 0 Å². The van der Waals surface area contributed by atoms with Crippen molar-refractivity contribution in [2.45, 2.75) is 12.0 Å². The van der Waals surface area contributed by atoms with Gasteiger partial charge >= 0.3 is 68.3 Å². The Hall–Kier alpha value is 2.58. The molecule has 44 valence electrons. The van der Waals surface area contributed by atoms with Gasteiger partial charge in [0.05, 0.1) is 0 Å². The van der Waals surface area contributed by atoms with Crippen LogP contribution in [0.1, 0.15) is 0 Å². The topological polar surface area (TPSA) is 0 Å². The van der Waals surface area contributed by atoms with Crippen LogP contribution in [0.4, 0.5) is 0 Å². The summed E-state index contributed by atoms with van der Waals surface area (Å²) < 4.78 is 6.03. The molecule has 0 aliphatic carbocycles. The summed E-state index contributed by atoms with van der Waals surface area (Å²) in [6.07, 6.45) is 0. The van der Waals surface area contributed by atoms with Gasteiger partial charge in [0.15, 0.2) is 0 Å². The van der Waals surface area contributed by atoms with Crippen LogP contribution in [-0.2, 0) is 0 Å². The van der Waals surface area contributed by atoms with E-state index in [4.69, 9.17) is 0 Å². The molecule has 0 nitrogen and oxygen atoms in total. The number of rotatable bonds is 0. The Morgan fingerprint density at radius 2 is 1.50 bits per heavy atom. The zero-order chi connectivity index (χ0) is 5.14. The normalized spacial score (nSPS) is 66.0. The fraction of sp³-hybridized carbons (Fsp3) is 1.00. The maximum absolute atomic E-state index is 2.71. The fourth-order valence-electron chi connectivity index (χ4n) is 1.28. The molecule has 0 aromatic carbocycles. The quantitative estimate of drug-likeness (QED) is 0.558. The average molecular weight is 374 g/mol. The van der Waals surface area contributed by atoms with Gasteiger partial charge in [-0.3, -0.25) is 0 Å². The van der Waals surface area contributed by atoms with Gasteiger partial charge in [0, 0.05) is 0 Å². The van der Waals surface area contributed by atoms with Crippen LogP contribution in [0.2, 0.25) is 12.0 Å². The summed E-state index contributed by atoms with van der Waals surface area (Å²) in [6, 6.07) is 0. The molecule has 0 amide bonds. The van der Waals surface area contributed by atoms with Gasteiger partial charge in [-0.1, -0.05) is 0 Å². The first-order valence-electron chi connectivity index (χ1n) is 2.66. The SMILES string of the molecule is C1[As]2C[As]3S[As]2C[As]13. The Bertz CT molecular complexity index is 99.2. The van der Waals surface area contributed by atoms with Crippen molar-refractivity contribution in [3.8, 4) is 0 Å². The van der Waals surface area contributed by atoms with Gasteiger partial charge in [0.2, 0.25) is 0 Å². The predicted octanol–water partition coefficient (Wildman–Crippen LogP) is 0.507. The third-order valence-electron chi connectivity index (χ3n) is 1.71. The van der Waals surface area contributed by atoms with Crippen molar-refractivity contribution in [2.24, 2.45) is 0 Å². The molecule has 0 radical (unpaired) electrons. The van der Waals surface area contributed by atoms with Gasteiger partial charge in [-0.05, 0) is 0 Å². The third kappa shape index (κ3) is 0.699. The summed E-state index contributed by atoms with van der Waals surface area (Å²) in [5, 5.41) is 0. The van der Waals surface area contributed by atoms with E-state index in [1.807, 2.05) is 12.0 Å². The Kier molecular flexibility index (Phi) is 1.57. The minimum absolute atomic E-state index is 0.125. The summed E-state index contributed by atoms with van der Waals surface area (Å²) in [7, 11) is 2.71.